The Morgan fingerprint density at radius 1 is 1.09 bits per heavy atom. The van der Waals surface area contributed by atoms with Gasteiger partial charge in [-0.15, -0.1) is 0 Å². The van der Waals surface area contributed by atoms with Crippen LogP contribution in [0, 0.1) is 28.6 Å². The standard InChI is InChI=1S/C25H31F3O7/c1-21-7-5-15(29)9-14(21)3-4-16-17-6-8-23(24(34-13-32-23)11-31-12-33-24)22(17,2)10-18(19(16)21)35-20(30)25(26,27)28/h9,16-19H,3-8,10-13H2,1-2H3/t16-,17-,18-,19+,21-,22-,23+,24-/m0/s1. The zero-order chi connectivity index (χ0) is 24.9. The van der Waals surface area contributed by atoms with Gasteiger partial charge in [0.2, 0.25) is 5.79 Å². The Balaban J connectivity index is 1.44. The molecule has 2 aliphatic heterocycles. The van der Waals surface area contributed by atoms with E-state index in [1.165, 1.54) is 0 Å². The highest BCUT2D eigenvalue weighted by molar-refractivity contribution is 5.91. The minimum absolute atomic E-state index is 0.0121. The minimum Gasteiger partial charge on any atom is -0.455 e. The molecule has 2 saturated heterocycles. The smallest absolute Gasteiger partial charge is 0.455 e. The third-order valence-electron chi connectivity index (χ3n) is 10.4. The molecule has 194 valence electrons. The predicted octanol–water partition coefficient (Wildman–Crippen LogP) is 4.05. The second-order valence-electron chi connectivity index (χ2n) is 11.6. The van der Waals surface area contributed by atoms with Gasteiger partial charge < -0.3 is 23.7 Å². The molecule has 2 spiro atoms. The maximum absolute atomic E-state index is 13.4. The Morgan fingerprint density at radius 2 is 1.86 bits per heavy atom. The van der Waals surface area contributed by atoms with E-state index in [1.54, 1.807) is 6.08 Å². The third kappa shape index (κ3) is 3.06. The summed E-state index contributed by atoms with van der Waals surface area (Å²) in [6.45, 7) is 4.33. The fourth-order valence-corrected chi connectivity index (χ4v) is 8.94. The highest BCUT2D eigenvalue weighted by Crippen LogP contribution is 2.72. The summed E-state index contributed by atoms with van der Waals surface area (Å²) in [5.41, 5.74) is -1.09. The van der Waals surface area contributed by atoms with E-state index in [9.17, 15) is 22.8 Å². The first-order valence-electron chi connectivity index (χ1n) is 12.5. The second-order valence-corrected chi connectivity index (χ2v) is 11.6. The number of hydrogen-bond donors (Lipinski definition) is 0. The summed E-state index contributed by atoms with van der Waals surface area (Å²) in [5, 5.41) is 0. The summed E-state index contributed by atoms with van der Waals surface area (Å²) < 4.78 is 69.3. The monoisotopic (exact) mass is 500 g/mol. The second kappa shape index (κ2) is 7.52. The molecule has 2 heterocycles. The summed E-state index contributed by atoms with van der Waals surface area (Å²) in [4.78, 5) is 24.4. The number of carbonyl (C=O) groups excluding carboxylic acids is 2. The molecule has 0 unspecified atom stereocenters. The van der Waals surface area contributed by atoms with Gasteiger partial charge in [0.25, 0.3) is 0 Å². The van der Waals surface area contributed by atoms with Gasteiger partial charge in [-0.2, -0.15) is 13.2 Å². The van der Waals surface area contributed by atoms with Crippen LogP contribution >= 0.6 is 0 Å². The maximum Gasteiger partial charge on any atom is 0.490 e. The molecule has 0 radical (unpaired) electrons. The van der Waals surface area contributed by atoms with E-state index >= 15 is 0 Å². The fourth-order valence-electron chi connectivity index (χ4n) is 8.94. The highest BCUT2D eigenvalue weighted by atomic mass is 19.4. The van der Waals surface area contributed by atoms with Crippen molar-refractivity contribution < 1.29 is 46.4 Å². The number of halogens is 3. The molecule has 0 aromatic carbocycles. The molecule has 35 heavy (non-hydrogen) atoms. The van der Waals surface area contributed by atoms with E-state index in [2.05, 4.69) is 0 Å². The first kappa shape index (κ1) is 23.9. The maximum atomic E-state index is 13.4. The van der Waals surface area contributed by atoms with Gasteiger partial charge >= 0.3 is 12.1 Å². The normalized spacial score (nSPS) is 49.1. The van der Waals surface area contributed by atoms with Crippen LogP contribution in [0.1, 0.15) is 58.8 Å². The Morgan fingerprint density at radius 3 is 2.57 bits per heavy atom. The number of alkyl halides is 3. The van der Waals surface area contributed by atoms with E-state index in [1.807, 2.05) is 13.8 Å². The van der Waals surface area contributed by atoms with Crippen LogP contribution in [-0.4, -0.2) is 55.6 Å². The SMILES string of the molecule is C[C@]12CCC(=O)C=C1CC[C@@H]1[C@@H]2[C@@H](OC(=O)C(F)(F)F)C[C@@]2(C)[C@H]1CC[C@@]21OCO[C@@]12COCO2. The van der Waals surface area contributed by atoms with Crippen LogP contribution < -0.4 is 0 Å². The van der Waals surface area contributed by atoms with Gasteiger partial charge in [0.15, 0.2) is 19.4 Å². The number of ether oxygens (including phenoxy) is 5. The number of esters is 1. The lowest BCUT2D eigenvalue weighted by Gasteiger charge is -2.62. The predicted molar refractivity (Wildman–Crippen MR) is 112 cm³/mol. The number of carbonyl (C=O) groups is 2. The number of fused-ring (bicyclic) bond motifs is 7. The first-order chi connectivity index (χ1) is 16.5. The molecule has 0 bridgehead atoms. The van der Waals surface area contributed by atoms with Gasteiger partial charge in [0.1, 0.15) is 18.3 Å². The lowest BCUT2D eigenvalue weighted by atomic mass is 9.45. The van der Waals surface area contributed by atoms with Crippen molar-refractivity contribution in [2.75, 3.05) is 20.2 Å². The van der Waals surface area contributed by atoms with Crippen molar-refractivity contribution in [3.8, 4) is 0 Å². The highest BCUT2D eigenvalue weighted by Gasteiger charge is 2.77. The van der Waals surface area contributed by atoms with Crippen molar-refractivity contribution in [3.05, 3.63) is 11.6 Å². The molecule has 3 saturated carbocycles. The average Bonchev–Trinajstić information content (AvgIpc) is 3.48. The van der Waals surface area contributed by atoms with Crippen LogP contribution in [0.3, 0.4) is 0 Å². The molecule has 10 heteroatoms. The van der Waals surface area contributed by atoms with E-state index in [4.69, 9.17) is 23.7 Å². The van der Waals surface area contributed by atoms with Gasteiger partial charge in [-0.1, -0.05) is 19.4 Å². The van der Waals surface area contributed by atoms with Crippen molar-refractivity contribution in [1.29, 1.82) is 0 Å². The molecule has 6 aliphatic rings. The molecule has 0 aromatic heterocycles. The van der Waals surface area contributed by atoms with Crippen molar-refractivity contribution >= 4 is 11.8 Å². The Kier molecular flexibility index (Phi) is 5.13. The number of hydrogen-bond acceptors (Lipinski definition) is 7. The molecule has 5 fully saturated rings. The molecule has 0 aromatic rings. The van der Waals surface area contributed by atoms with Crippen LogP contribution in [0.15, 0.2) is 11.6 Å². The molecule has 6 rings (SSSR count). The first-order valence-corrected chi connectivity index (χ1v) is 12.5. The average molecular weight is 501 g/mol. The summed E-state index contributed by atoms with van der Waals surface area (Å²) in [7, 11) is 0. The van der Waals surface area contributed by atoms with Crippen molar-refractivity contribution in [2.45, 2.75) is 82.5 Å². The summed E-state index contributed by atoms with van der Waals surface area (Å²) in [6, 6.07) is 0. The molecule has 4 aliphatic carbocycles. The summed E-state index contributed by atoms with van der Waals surface area (Å²) in [5.74, 6) is -3.42. The minimum atomic E-state index is -5.09. The Hall–Kier alpha value is -1.49. The lowest BCUT2D eigenvalue weighted by molar-refractivity contribution is -0.263. The van der Waals surface area contributed by atoms with E-state index in [0.29, 0.717) is 25.7 Å². The van der Waals surface area contributed by atoms with Crippen molar-refractivity contribution in [2.24, 2.45) is 28.6 Å². The van der Waals surface area contributed by atoms with Crippen molar-refractivity contribution in [1.82, 2.24) is 0 Å². The zero-order valence-corrected chi connectivity index (χ0v) is 19.9. The molecule has 0 amide bonds. The van der Waals surface area contributed by atoms with Gasteiger partial charge in [-0.25, -0.2) is 4.79 Å². The molecule has 8 atom stereocenters. The quantitative estimate of drug-likeness (QED) is 0.503. The number of ketones is 1. The Labute approximate surface area is 201 Å². The molecular weight excluding hydrogens is 469 g/mol. The van der Waals surface area contributed by atoms with Crippen LogP contribution in [0.25, 0.3) is 0 Å². The Bertz CT molecular complexity index is 967. The van der Waals surface area contributed by atoms with Crippen LogP contribution in [0.5, 0.6) is 0 Å². The topological polar surface area (TPSA) is 80.3 Å². The van der Waals surface area contributed by atoms with Crippen LogP contribution in [-0.2, 0) is 33.3 Å². The van der Waals surface area contributed by atoms with E-state index in [0.717, 1.165) is 18.4 Å². The van der Waals surface area contributed by atoms with Gasteiger partial charge in [0.05, 0.1) is 0 Å². The van der Waals surface area contributed by atoms with Crippen LogP contribution in [0.2, 0.25) is 0 Å². The van der Waals surface area contributed by atoms with Crippen LogP contribution in [0.4, 0.5) is 13.2 Å². The van der Waals surface area contributed by atoms with Gasteiger partial charge in [-0.05, 0) is 61.9 Å². The van der Waals surface area contributed by atoms with E-state index < -0.39 is 40.5 Å². The zero-order valence-electron chi connectivity index (χ0n) is 19.9. The van der Waals surface area contributed by atoms with Gasteiger partial charge in [0, 0.05) is 17.8 Å². The number of allylic oxidation sites excluding steroid dienone is 1. The van der Waals surface area contributed by atoms with E-state index in [-0.39, 0.29) is 50.2 Å². The third-order valence-corrected chi connectivity index (χ3v) is 10.4. The van der Waals surface area contributed by atoms with Crippen molar-refractivity contribution in [3.63, 3.8) is 0 Å². The summed E-state index contributed by atoms with van der Waals surface area (Å²) >= 11 is 0. The number of rotatable bonds is 1. The summed E-state index contributed by atoms with van der Waals surface area (Å²) in [6.07, 6.45) is -0.423. The molecule has 0 N–H and O–H groups in total. The fraction of sp³-hybridized carbons (Fsp3) is 0.840. The van der Waals surface area contributed by atoms with Gasteiger partial charge in [-0.3, -0.25) is 4.79 Å². The lowest BCUT2D eigenvalue weighted by Crippen LogP contribution is -2.66. The molecular formula is C25H31F3O7. The largest absolute Gasteiger partial charge is 0.490 e. The molecule has 7 nitrogen and oxygen atoms in total.